The van der Waals surface area contributed by atoms with Crippen LogP contribution in [0.3, 0.4) is 0 Å². The molecule has 0 rings (SSSR count). The first kappa shape index (κ1) is 16.7. The van der Waals surface area contributed by atoms with Crippen molar-refractivity contribution in [2.45, 2.75) is 46.5 Å². The molecule has 0 saturated carbocycles. The molecule has 0 spiro atoms. The van der Waals surface area contributed by atoms with Crippen LogP contribution in [0, 0.1) is 5.92 Å². The molecule has 5 heteroatoms. The number of unbranched alkanes of at least 4 members (excludes halogenated alkanes) is 3. The molecule has 0 aliphatic carbocycles. The van der Waals surface area contributed by atoms with Crippen molar-refractivity contribution in [3.8, 4) is 0 Å². The summed E-state index contributed by atoms with van der Waals surface area (Å²) in [7, 11) is 0. The van der Waals surface area contributed by atoms with Crippen molar-refractivity contribution in [3.05, 3.63) is 0 Å². The molecular weight excluding hydrogens is 232 g/mol. The number of carboxylic acid groups (broad SMARTS) is 1. The summed E-state index contributed by atoms with van der Waals surface area (Å²) in [6, 6.07) is -0.165. The summed E-state index contributed by atoms with van der Waals surface area (Å²) < 4.78 is 0. The van der Waals surface area contributed by atoms with E-state index in [-0.39, 0.29) is 12.6 Å². The highest BCUT2D eigenvalue weighted by Crippen LogP contribution is 2.01. The van der Waals surface area contributed by atoms with Gasteiger partial charge in [-0.25, -0.2) is 4.79 Å². The van der Waals surface area contributed by atoms with Gasteiger partial charge in [-0.1, -0.05) is 33.1 Å². The molecule has 0 aromatic carbocycles. The fourth-order valence-electron chi connectivity index (χ4n) is 1.62. The number of urea groups is 1. The average molecular weight is 258 g/mol. The number of rotatable bonds is 9. The van der Waals surface area contributed by atoms with Crippen LogP contribution < -0.4 is 5.32 Å². The van der Waals surface area contributed by atoms with Gasteiger partial charge >= 0.3 is 12.0 Å². The van der Waals surface area contributed by atoms with Crippen LogP contribution >= 0.6 is 0 Å². The van der Waals surface area contributed by atoms with E-state index < -0.39 is 11.9 Å². The van der Waals surface area contributed by atoms with E-state index in [4.69, 9.17) is 5.11 Å². The molecule has 0 fully saturated rings. The molecule has 0 bridgehead atoms. The Morgan fingerprint density at radius 3 is 2.39 bits per heavy atom. The standard InChI is InChI=1S/C13H26N2O3/c1-4-6-7-8-9-14-13(18)15(5-2)10-11(3)12(16)17/h11H,4-10H2,1-3H3,(H,14,18)(H,16,17). The lowest BCUT2D eigenvalue weighted by Crippen LogP contribution is -2.43. The first-order chi connectivity index (χ1) is 8.52. The number of nitrogens with one attached hydrogen (secondary N) is 1. The molecule has 2 N–H and O–H groups in total. The SMILES string of the molecule is CCCCCCNC(=O)N(CC)CC(C)C(=O)O. The normalized spacial score (nSPS) is 11.9. The molecule has 0 heterocycles. The topological polar surface area (TPSA) is 69.6 Å². The van der Waals surface area contributed by atoms with E-state index in [0.717, 1.165) is 12.8 Å². The Morgan fingerprint density at radius 2 is 1.89 bits per heavy atom. The molecule has 5 nitrogen and oxygen atoms in total. The van der Waals surface area contributed by atoms with Crippen molar-refractivity contribution < 1.29 is 14.7 Å². The van der Waals surface area contributed by atoms with Gasteiger partial charge in [0, 0.05) is 19.6 Å². The molecule has 106 valence electrons. The van der Waals surface area contributed by atoms with Crippen molar-refractivity contribution in [2.75, 3.05) is 19.6 Å². The van der Waals surface area contributed by atoms with Gasteiger partial charge in [0.2, 0.25) is 0 Å². The Balaban J connectivity index is 3.92. The van der Waals surface area contributed by atoms with Crippen molar-refractivity contribution in [2.24, 2.45) is 5.92 Å². The summed E-state index contributed by atoms with van der Waals surface area (Å²) in [4.78, 5) is 24.1. The quantitative estimate of drug-likeness (QED) is 0.623. The van der Waals surface area contributed by atoms with E-state index in [0.29, 0.717) is 13.1 Å². The van der Waals surface area contributed by atoms with E-state index in [2.05, 4.69) is 12.2 Å². The zero-order valence-electron chi connectivity index (χ0n) is 11.7. The minimum Gasteiger partial charge on any atom is -0.481 e. The molecule has 0 radical (unpaired) electrons. The van der Waals surface area contributed by atoms with Crippen LogP contribution in [-0.2, 0) is 4.79 Å². The predicted octanol–water partition coefficient (Wildman–Crippen LogP) is 2.32. The third kappa shape index (κ3) is 7.14. The second-order valence-electron chi connectivity index (χ2n) is 4.57. The largest absolute Gasteiger partial charge is 0.481 e. The number of hydrogen-bond acceptors (Lipinski definition) is 2. The number of carbonyl (C=O) groups excluding carboxylic acids is 1. The van der Waals surface area contributed by atoms with Gasteiger partial charge in [-0.05, 0) is 13.3 Å². The molecule has 2 amide bonds. The predicted molar refractivity (Wildman–Crippen MR) is 71.6 cm³/mol. The summed E-state index contributed by atoms with van der Waals surface area (Å²) in [5, 5.41) is 11.7. The minimum absolute atomic E-state index is 0.165. The zero-order valence-corrected chi connectivity index (χ0v) is 11.7. The zero-order chi connectivity index (χ0) is 14.0. The van der Waals surface area contributed by atoms with E-state index in [1.54, 1.807) is 11.8 Å². The summed E-state index contributed by atoms with van der Waals surface area (Å²) in [6.07, 6.45) is 4.45. The second kappa shape index (κ2) is 9.74. The summed E-state index contributed by atoms with van der Waals surface area (Å²) in [6.45, 7) is 7.05. The maximum atomic E-state index is 11.8. The lowest BCUT2D eigenvalue weighted by Gasteiger charge is -2.23. The summed E-state index contributed by atoms with van der Waals surface area (Å²) in [5.41, 5.74) is 0. The number of nitrogens with zero attached hydrogens (tertiary/aromatic N) is 1. The first-order valence-corrected chi connectivity index (χ1v) is 6.78. The summed E-state index contributed by atoms with van der Waals surface area (Å²) >= 11 is 0. The highest BCUT2D eigenvalue weighted by molar-refractivity contribution is 5.75. The molecule has 0 aromatic rings. The number of carboxylic acids is 1. The van der Waals surface area contributed by atoms with Crippen molar-refractivity contribution in [3.63, 3.8) is 0 Å². The number of carbonyl (C=O) groups is 2. The van der Waals surface area contributed by atoms with E-state index >= 15 is 0 Å². The van der Waals surface area contributed by atoms with Gasteiger partial charge < -0.3 is 15.3 Å². The van der Waals surface area contributed by atoms with Crippen LogP contribution in [0.4, 0.5) is 4.79 Å². The van der Waals surface area contributed by atoms with Gasteiger partial charge in [-0.15, -0.1) is 0 Å². The average Bonchev–Trinajstić information content (AvgIpc) is 2.34. The second-order valence-corrected chi connectivity index (χ2v) is 4.57. The number of amides is 2. The maximum Gasteiger partial charge on any atom is 0.317 e. The third-order valence-corrected chi connectivity index (χ3v) is 2.89. The van der Waals surface area contributed by atoms with Gasteiger partial charge in [0.1, 0.15) is 0 Å². The Labute approximate surface area is 110 Å². The van der Waals surface area contributed by atoms with Crippen molar-refractivity contribution in [1.29, 1.82) is 0 Å². The highest BCUT2D eigenvalue weighted by atomic mass is 16.4. The fraction of sp³-hybridized carbons (Fsp3) is 0.846. The van der Waals surface area contributed by atoms with Crippen molar-refractivity contribution in [1.82, 2.24) is 10.2 Å². The van der Waals surface area contributed by atoms with Crippen LogP contribution in [0.5, 0.6) is 0 Å². The van der Waals surface area contributed by atoms with Gasteiger partial charge in [-0.3, -0.25) is 4.79 Å². The van der Waals surface area contributed by atoms with Gasteiger partial charge in [0.25, 0.3) is 0 Å². The van der Waals surface area contributed by atoms with E-state index in [9.17, 15) is 9.59 Å². The van der Waals surface area contributed by atoms with Crippen LogP contribution in [0.2, 0.25) is 0 Å². The van der Waals surface area contributed by atoms with Crippen molar-refractivity contribution >= 4 is 12.0 Å². The first-order valence-electron chi connectivity index (χ1n) is 6.78. The minimum atomic E-state index is -0.871. The Bertz CT molecular complexity index is 257. The van der Waals surface area contributed by atoms with Gasteiger partial charge in [-0.2, -0.15) is 0 Å². The fourth-order valence-corrected chi connectivity index (χ4v) is 1.62. The molecular formula is C13H26N2O3. The van der Waals surface area contributed by atoms with Crippen LogP contribution in [0.15, 0.2) is 0 Å². The lowest BCUT2D eigenvalue weighted by molar-refractivity contribution is -0.141. The Hall–Kier alpha value is -1.26. The van der Waals surface area contributed by atoms with Gasteiger partial charge in [0.15, 0.2) is 0 Å². The molecule has 18 heavy (non-hydrogen) atoms. The molecule has 0 aliphatic rings. The van der Waals surface area contributed by atoms with Crippen LogP contribution in [0.25, 0.3) is 0 Å². The monoisotopic (exact) mass is 258 g/mol. The Morgan fingerprint density at radius 1 is 1.22 bits per heavy atom. The number of aliphatic carboxylic acids is 1. The number of hydrogen-bond donors (Lipinski definition) is 2. The molecule has 0 aliphatic heterocycles. The highest BCUT2D eigenvalue weighted by Gasteiger charge is 2.18. The third-order valence-electron chi connectivity index (χ3n) is 2.89. The smallest absolute Gasteiger partial charge is 0.317 e. The molecule has 1 atom stereocenters. The van der Waals surface area contributed by atoms with Gasteiger partial charge in [0.05, 0.1) is 5.92 Å². The van der Waals surface area contributed by atoms with Crippen LogP contribution in [-0.4, -0.2) is 41.6 Å². The molecule has 0 saturated heterocycles. The summed E-state index contributed by atoms with van der Waals surface area (Å²) in [5.74, 6) is -1.40. The van der Waals surface area contributed by atoms with Crippen LogP contribution in [0.1, 0.15) is 46.5 Å². The maximum absolute atomic E-state index is 11.8. The Kier molecular flexibility index (Phi) is 9.06. The van der Waals surface area contributed by atoms with E-state index in [1.165, 1.54) is 12.8 Å². The molecule has 1 unspecified atom stereocenters. The molecule has 0 aromatic heterocycles. The lowest BCUT2D eigenvalue weighted by atomic mass is 10.2. The van der Waals surface area contributed by atoms with E-state index in [1.807, 2.05) is 6.92 Å².